The van der Waals surface area contributed by atoms with Crippen LogP contribution in [0, 0.1) is 0 Å². The molecule has 0 aliphatic heterocycles. The van der Waals surface area contributed by atoms with Crippen LogP contribution in [0.2, 0.25) is 0 Å². The molecule has 25 heavy (non-hydrogen) atoms. The highest BCUT2D eigenvalue weighted by atomic mass is 16.5. The first-order chi connectivity index (χ1) is 12.0. The average Bonchev–Trinajstić information content (AvgIpc) is 2.59. The number of H-pyrrole nitrogens is 1. The zero-order valence-corrected chi connectivity index (χ0v) is 13.4. The zero-order chi connectivity index (χ0) is 18.0. The molecule has 4 N–H and O–H groups in total. The van der Waals surface area contributed by atoms with Crippen molar-refractivity contribution in [1.29, 1.82) is 0 Å². The molecular formula is C18H16N2O5. The molecule has 1 aromatic heterocycles. The Labute approximate surface area is 142 Å². The highest BCUT2D eigenvalue weighted by Gasteiger charge is 2.14. The van der Waals surface area contributed by atoms with Gasteiger partial charge in [0.25, 0.3) is 0 Å². The number of fused-ring (bicyclic) bond motifs is 1. The van der Waals surface area contributed by atoms with Gasteiger partial charge in [-0.25, -0.2) is 4.79 Å². The van der Waals surface area contributed by atoms with Gasteiger partial charge in [-0.15, -0.1) is 0 Å². The Morgan fingerprint density at radius 3 is 2.72 bits per heavy atom. The molecule has 0 bridgehead atoms. The van der Waals surface area contributed by atoms with Gasteiger partial charge in [-0.05, 0) is 25.1 Å². The van der Waals surface area contributed by atoms with Crippen molar-refractivity contribution >= 4 is 22.7 Å². The number of amides is 1. The number of hydrogen-bond donors (Lipinski definition) is 4. The third-order valence-electron chi connectivity index (χ3n) is 3.69. The van der Waals surface area contributed by atoms with Crippen LogP contribution >= 0.6 is 0 Å². The van der Waals surface area contributed by atoms with Crippen LogP contribution in [0.15, 0.2) is 47.3 Å². The van der Waals surface area contributed by atoms with E-state index < -0.39 is 11.8 Å². The molecule has 0 saturated heterocycles. The molecule has 3 aromatic rings. The molecule has 3 rings (SSSR count). The average molecular weight is 340 g/mol. The number of phenolic OH excluding ortho intramolecular Hbond substituents is 2. The van der Waals surface area contributed by atoms with E-state index in [-0.39, 0.29) is 28.7 Å². The lowest BCUT2D eigenvalue weighted by Crippen LogP contribution is -2.14. The molecule has 7 nitrogen and oxygen atoms in total. The molecule has 1 amide bonds. The fourth-order valence-electron chi connectivity index (χ4n) is 2.54. The monoisotopic (exact) mass is 340 g/mol. The summed E-state index contributed by atoms with van der Waals surface area (Å²) < 4.78 is 4.87. The van der Waals surface area contributed by atoms with Crippen molar-refractivity contribution in [3.05, 3.63) is 52.7 Å². The van der Waals surface area contributed by atoms with Crippen LogP contribution in [0.25, 0.3) is 22.2 Å². The second-order valence-corrected chi connectivity index (χ2v) is 5.29. The van der Waals surface area contributed by atoms with Gasteiger partial charge in [0.1, 0.15) is 0 Å². The van der Waals surface area contributed by atoms with Crippen molar-refractivity contribution < 1.29 is 19.7 Å². The topological polar surface area (TPSA) is 112 Å². The molecule has 0 spiro atoms. The Balaban J connectivity index is 2.16. The number of carbonyl (C=O) groups is 1. The number of aromatic nitrogens is 1. The van der Waals surface area contributed by atoms with Crippen molar-refractivity contribution in [3.8, 4) is 22.8 Å². The van der Waals surface area contributed by atoms with Crippen LogP contribution in [0.5, 0.6) is 11.5 Å². The fraction of sp³-hybridized carbons (Fsp3) is 0.111. The first-order valence-electron chi connectivity index (χ1n) is 7.62. The SMILES string of the molecule is CCOC(=O)Nc1ccccc1-c1cc(=O)c2ccc(O)c(O)c2[nH]1. The van der Waals surface area contributed by atoms with Gasteiger partial charge in [0, 0.05) is 17.0 Å². The number of aromatic hydroxyl groups is 2. The number of ether oxygens (including phenoxy) is 1. The zero-order valence-electron chi connectivity index (χ0n) is 13.4. The summed E-state index contributed by atoms with van der Waals surface area (Å²) in [7, 11) is 0. The van der Waals surface area contributed by atoms with E-state index >= 15 is 0 Å². The highest BCUT2D eigenvalue weighted by Crippen LogP contribution is 2.33. The van der Waals surface area contributed by atoms with Gasteiger partial charge in [-0.1, -0.05) is 18.2 Å². The normalized spacial score (nSPS) is 10.6. The van der Waals surface area contributed by atoms with Gasteiger partial charge in [-0.3, -0.25) is 10.1 Å². The smallest absolute Gasteiger partial charge is 0.411 e. The predicted octanol–water partition coefficient (Wildman–Crippen LogP) is 3.17. The van der Waals surface area contributed by atoms with Crippen molar-refractivity contribution in [2.24, 2.45) is 0 Å². The summed E-state index contributed by atoms with van der Waals surface area (Å²) in [5.74, 6) is -0.745. The van der Waals surface area contributed by atoms with E-state index in [4.69, 9.17) is 4.74 Å². The second-order valence-electron chi connectivity index (χ2n) is 5.29. The van der Waals surface area contributed by atoms with Crippen LogP contribution in [0.4, 0.5) is 10.5 Å². The molecule has 0 aliphatic rings. The van der Waals surface area contributed by atoms with Crippen LogP contribution in [-0.2, 0) is 4.74 Å². The third kappa shape index (κ3) is 3.12. The Morgan fingerprint density at radius 1 is 1.20 bits per heavy atom. The Bertz CT molecular complexity index is 1010. The lowest BCUT2D eigenvalue weighted by Gasteiger charge is -2.12. The first kappa shape index (κ1) is 16.4. The van der Waals surface area contributed by atoms with Gasteiger partial charge in [0.15, 0.2) is 16.9 Å². The molecular weight excluding hydrogens is 324 g/mol. The number of hydrogen-bond acceptors (Lipinski definition) is 5. The molecule has 128 valence electrons. The van der Waals surface area contributed by atoms with Crippen LogP contribution < -0.4 is 10.7 Å². The summed E-state index contributed by atoms with van der Waals surface area (Å²) in [4.78, 5) is 27.0. The molecule has 2 aromatic carbocycles. The molecule has 0 fully saturated rings. The maximum Gasteiger partial charge on any atom is 0.411 e. The number of rotatable bonds is 3. The van der Waals surface area contributed by atoms with E-state index in [0.29, 0.717) is 16.9 Å². The predicted molar refractivity (Wildman–Crippen MR) is 94.0 cm³/mol. The number of benzene rings is 2. The van der Waals surface area contributed by atoms with E-state index in [1.807, 2.05) is 0 Å². The van der Waals surface area contributed by atoms with Crippen LogP contribution in [0.1, 0.15) is 6.92 Å². The van der Waals surface area contributed by atoms with E-state index in [0.717, 1.165) is 0 Å². The lowest BCUT2D eigenvalue weighted by molar-refractivity contribution is 0.168. The maximum atomic E-state index is 12.3. The van der Waals surface area contributed by atoms with E-state index in [9.17, 15) is 19.8 Å². The Hall–Kier alpha value is -3.48. The van der Waals surface area contributed by atoms with Crippen LogP contribution in [0.3, 0.4) is 0 Å². The number of para-hydroxylation sites is 1. The largest absolute Gasteiger partial charge is 0.504 e. The Kier molecular flexibility index (Phi) is 4.30. The van der Waals surface area contributed by atoms with Gasteiger partial charge < -0.3 is 19.9 Å². The number of aromatic amines is 1. The molecule has 0 radical (unpaired) electrons. The van der Waals surface area contributed by atoms with Crippen molar-refractivity contribution in [2.45, 2.75) is 6.92 Å². The van der Waals surface area contributed by atoms with E-state index in [1.54, 1.807) is 31.2 Å². The second kappa shape index (κ2) is 6.56. The number of carbonyl (C=O) groups excluding carboxylic acids is 1. The number of pyridine rings is 1. The number of nitrogens with one attached hydrogen (secondary N) is 2. The summed E-state index contributed by atoms with van der Waals surface area (Å²) >= 11 is 0. The molecule has 0 aliphatic carbocycles. The molecule has 7 heteroatoms. The minimum atomic E-state index is -0.612. The Morgan fingerprint density at radius 2 is 1.96 bits per heavy atom. The number of phenols is 2. The fourth-order valence-corrected chi connectivity index (χ4v) is 2.54. The van der Waals surface area contributed by atoms with Crippen molar-refractivity contribution in [1.82, 2.24) is 4.98 Å². The first-order valence-corrected chi connectivity index (χ1v) is 7.62. The van der Waals surface area contributed by atoms with Gasteiger partial charge >= 0.3 is 6.09 Å². The van der Waals surface area contributed by atoms with Gasteiger partial charge in [0.2, 0.25) is 0 Å². The highest BCUT2D eigenvalue weighted by molar-refractivity contribution is 5.93. The third-order valence-corrected chi connectivity index (χ3v) is 3.69. The van der Waals surface area contributed by atoms with Crippen molar-refractivity contribution in [2.75, 3.05) is 11.9 Å². The summed E-state index contributed by atoms with van der Waals surface area (Å²) in [5.41, 5.74) is 1.15. The number of anilines is 1. The van der Waals surface area contributed by atoms with Crippen molar-refractivity contribution in [3.63, 3.8) is 0 Å². The van der Waals surface area contributed by atoms with Gasteiger partial charge in [-0.2, -0.15) is 0 Å². The van der Waals surface area contributed by atoms with Gasteiger partial charge in [0.05, 0.1) is 23.5 Å². The minimum Gasteiger partial charge on any atom is -0.504 e. The van der Waals surface area contributed by atoms with Crippen LogP contribution in [-0.4, -0.2) is 27.9 Å². The quantitative estimate of drug-likeness (QED) is 0.547. The van der Waals surface area contributed by atoms with E-state index in [1.165, 1.54) is 18.2 Å². The molecule has 0 atom stereocenters. The molecule has 1 heterocycles. The molecule has 0 unspecified atom stereocenters. The maximum absolute atomic E-state index is 12.3. The molecule has 0 saturated carbocycles. The summed E-state index contributed by atoms with van der Waals surface area (Å²) in [5, 5.41) is 22.5. The summed E-state index contributed by atoms with van der Waals surface area (Å²) in [6.45, 7) is 1.93. The van der Waals surface area contributed by atoms with E-state index in [2.05, 4.69) is 10.3 Å². The standard InChI is InChI=1S/C18H16N2O5/c1-2-25-18(24)20-12-6-4-3-5-10(12)13-9-15(22)11-7-8-14(21)17(23)16(11)19-13/h3-9,21,23H,2H2,1H3,(H,19,22)(H,20,24). The minimum absolute atomic E-state index is 0.119. The lowest BCUT2D eigenvalue weighted by atomic mass is 10.1. The summed E-state index contributed by atoms with van der Waals surface area (Å²) in [6, 6.07) is 10.9. The summed E-state index contributed by atoms with van der Waals surface area (Å²) in [6.07, 6.45) is -0.612.